The molecule has 0 aliphatic carbocycles. The van der Waals surface area contributed by atoms with Crippen LogP contribution in [0.1, 0.15) is 27.5 Å². The van der Waals surface area contributed by atoms with Gasteiger partial charge in [0.05, 0.1) is 18.4 Å². The van der Waals surface area contributed by atoms with Crippen molar-refractivity contribution in [3.8, 4) is 5.75 Å². The van der Waals surface area contributed by atoms with Crippen LogP contribution in [0.5, 0.6) is 5.75 Å². The number of methoxy groups -OCH3 is 1. The molecule has 0 fully saturated rings. The third-order valence-electron chi connectivity index (χ3n) is 6.82. The zero-order valence-corrected chi connectivity index (χ0v) is 22.9. The van der Waals surface area contributed by atoms with Gasteiger partial charge in [0, 0.05) is 17.3 Å². The van der Waals surface area contributed by atoms with Crippen molar-refractivity contribution in [3.63, 3.8) is 0 Å². The highest BCUT2D eigenvalue weighted by Gasteiger charge is 2.39. The number of anilines is 2. The van der Waals surface area contributed by atoms with Crippen molar-refractivity contribution in [1.29, 1.82) is 0 Å². The normalized spacial score (nSPS) is 13.0. The highest BCUT2D eigenvalue weighted by Crippen LogP contribution is 2.31. The lowest BCUT2D eigenvalue weighted by atomic mass is 10.0. The third-order valence-corrected chi connectivity index (χ3v) is 7.19. The summed E-state index contributed by atoms with van der Waals surface area (Å²) in [6, 6.07) is 28.2. The van der Waals surface area contributed by atoms with E-state index in [9.17, 15) is 19.2 Å². The van der Waals surface area contributed by atoms with Gasteiger partial charge in [-0.15, -0.1) is 0 Å². The van der Waals surface area contributed by atoms with Gasteiger partial charge < -0.3 is 15.0 Å². The summed E-state index contributed by atoms with van der Waals surface area (Å²) in [4.78, 5) is 56.1. The van der Waals surface area contributed by atoms with E-state index in [1.54, 1.807) is 104 Å². The van der Waals surface area contributed by atoms with Crippen LogP contribution in [0.4, 0.5) is 11.4 Å². The fraction of sp³-hybridized carbons (Fsp3) is 0.125. The monoisotopic (exact) mass is 567 g/mol. The Morgan fingerprint density at radius 3 is 2.24 bits per heavy atom. The van der Waals surface area contributed by atoms with Crippen LogP contribution in [-0.4, -0.2) is 42.1 Å². The minimum Gasteiger partial charge on any atom is -0.497 e. The summed E-state index contributed by atoms with van der Waals surface area (Å²) in [6.07, 6.45) is 0. The van der Waals surface area contributed by atoms with Crippen molar-refractivity contribution in [2.45, 2.75) is 12.6 Å². The summed E-state index contributed by atoms with van der Waals surface area (Å²) in [7, 11) is 1.55. The lowest BCUT2D eigenvalue weighted by molar-refractivity contribution is -0.139. The molecule has 0 saturated heterocycles. The number of carbonyl (C=O) groups is 4. The Kier molecular flexibility index (Phi) is 8.12. The number of nitrogens with one attached hydrogen (secondary N) is 1. The van der Waals surface area contributed by atoms with Crippen molar-refractivity contribution >= 4 is 46.5 Å². The number of ether oxygens (including phenoxy) is 1. The molecule has 4 aromatic rings. The van der Waals surface area contributed by atoms with Gasteiger partial charge in [-0.05, 0) is 53.6 Å². The highest BCUT2D eigenvalue weighted by atomic mass is 35.5. The van der Waals surface area contributed by atoms with Crippen LogP contribution in [0, 0.1) is 0 Å². The molecule has 0 spiro atoms. The summed E-state index contributed by atoms with van der Waals surface area (Å²) < 4.78 is 5.21. The van der Waals surface area contributed by atoms with E-state index in [1.165, 1.54) is 4.90 Å². The average Bonchev–Trinajstić information content (AvgIpc) is 3.23. The summed E-state index contributed by atoms with van der Waals surface area (Å²) in [5.74, 6) is -1.85. The molecule has 0 aromatic heterocycles. The number of halogens is 1. The lowest BCUT2D eigenvalue weighted by Crippen LogP contribution is -2.46. The summed E-state index contributed by atoms with van der Waals surface area (Å²) in [5, 5.41) is 3.32. The first kappa shape index (κ1) is 27.6. The number of rotatable bonds is 9. The minimum absolute atomic E-state index is 0.0221. The van der Waals surface area contributed by atoms with Crippen LogP contribution >= 0.6 is 11.6 Å². The van der Waals surface area contributed by atoms with E-state index in [0.29, 0.717) is 33.3 Å². The van der Waals surface area contributed by atoms with Gasteiger partial charge in [-0.3, -0.25) is 24.1 Å². The summed E-state index contributed by atoms with van der Waals surface area (Å²) in [6.45, 7) is -0.461. The molecular formula is C32H26ClN3O5. The van der Waals surface area contributed by atoms with Gasteiger partial charge in [-0.2, -0.15) is 0 Å². The first-order valence-corrected chi connectivity index (χ1v) is 13.2. The Hall–Kier alpha value is -4.95. The predicted octanol–water partition coefficient (Wildman–Crippen LogP) is 5.29. The SMILES string of the molecule is COc1ccc(NC(=O)[C@@H](c2ccccc2)N(Cc2ccccc2Cl)C(=O)CN2C(=O)C(=O)c3ccccc32)cc1. The number of Topliss-reactive ketones (excluding diaryl/α,β-unsaturated/α-hetero) is 1. The Labute approximate surface area is 242 Å². The first-order valence-electron chi connectivity index (χ1n) is 12.9. The van der Waals surface area contributed by atoms with Crippen LogP contribution in [0.15, 0.2) is 103 Å². The van der Waals surface area contributed by atoms with Crippen LogP contribution in [-0.2, 0) is 20.9 Å². The maximum absolute atomic E-state index is 14.1. The molecule has 1 N–H and O–H groups in total. The Morgan fingerprint density at radius 2 is 1.54 bits per heavy atom. The Morgan fingerprint density at radius 1 is 0.878 bits per heavy atom. The zero-order valence-electron chi connectivity index (χ0n) is 22.1. The van der Waals surface area contributed by atoms with Gasteiger partial charge in [0.1, 0.15) is 18.3 Å². The quantitative estimate of drug-likeness (QED) is 0.277. The molecule has 206 valence electrons. The average molecular weight is 568 g/mol. The van der Waals surface area contributed by atoms with Gasteiger partial charge in [0.15, 0.2) is 0 Å². The van der Waals surface area contributed by atoms with Crippen molar-refractivity contribution in [2.24, 2.45) is 0 Å². The molecule has 0 bridgehead atoms. The summed E-state index contributed by atoms with van der Waals surface area (Å²) >= 11 is 6.48. The Balaban J connectivity index is 1.53. The smallest absolute Gasteiger partial charge is 0.299 e. The van der Waals surface area contributed by atoms with Gasteiger partial charge in [-0.25, -0.2) is 0 Å². The minimum atomic E-state index is -1.09. The van der Waals surface area contributed by atoms with Crippen molar-refractivity contribution < 1.29 is 23.9 Å². The topological polar surface area (TPSA) is 96.0 Å². The number of hydrogen-bond acceptors (Lipinski definition) is 5. The van der Waals surface area contributed by atoms with Gasteiger partial charge in [0.2, 0.25) is 5.91 Å². The van der Waals surface area contributed by atoms with Crippen LogP contribution < -0.4 is 15.0 Å². The number of fused-ring (bicyclic) bond motifs is 1. The van der Waals surface area contributed by atoms with Crippen molar-refractivity contribution in [1.82, 2.24) is 4.90 Å². The number of benzene rings is 4. The second-order valence-corrected chi connectivity index (χ2v) is 9.79. The second kappa shape index (κ2) is 12.1. The molecular weight excluding hydrogens is 542 g/mol. The largest absolute Gasteiger partial charge is 0.497 e. The van der Waals surface area contributed by atoms with E-state index >= 15 is 0 Å². The number of carbonyl (C=O) groups excluding carboxylic acids is 4. The maximum atomic E-state index is 14.1. The third kappa shape index (κ3) is 5.83. The fourth-order valence-electron chi connectivity index (χ4n) is 4.76. The molecule has 8 nitrogen and oxygen atoms in total. The van der Waals surface area contributed by atoms with E-state index in [-0.39, 0.29) is 12.1 Å². The van der Waals surface area contributed by atoms with Crippen molar-refractivity contribution in [2.75, 3.05) is 23.9 Å². The molecule has 0 saturated carbocycles. The first-order chi connectivity index (χ1) is 19.9. The maximum Gasteiger partial charge on any atom is 0.299 e. The number of nitrogens with zero attached hydrogens (tertiary/aromatic N) is 2. The number of amides is 3. The Bertz CT molecular complexity index is 1610. The molecule has 1 aliphatic heterocycles. The van der Waals surface area contributed by atoms with Crippen LogP contribution in [0.2, 0.25) is 5.02 Å². The van der Waals surface area contributed by atoms with Crippen LogP contribution in [0.25, 0.3) is 0 Å². The number of ketones is 1. The number of para-hydroxylation sites is 1. The molecule has 0 radical (unpaired) electrons. The van der Waals surface area contributed by atoms with E-state index in [4.69, 9.17) is 16.3 Å². The standard InChI is InChI=1S/C32H26ClN3O5/c1-41-24-17-15-23(16-18-24)34-31(39)29(21-9-3-2-4-10-21)36(19-22-11-5-7-13-26(22)33)28(37)20-35-27-14-8-6-12-25(27)30(38)32(35)40/h2-18,29H,19-20H2,1H3,(H,34,39)/t29-/m1/s1. The van der Waals surface area contributed by atoms with E-state index in [0.717, 1.165) is 4.90 Å². The fourth-order valence-corrected chi connectivity index (χ4v) is 4.95. The van der Waals surface area contributed by atoms with E-state index in [2.05, 4.69) is 5.32 Å². The molecule has 9 heteroatoms. The highest BCUT2D eigenvalue weighted by molar-refractivity contribution is 6.52. The zero-order chi connectivity index (χ0) is 28.9. The van der Waals surface area contributed by atoms with Crippen molar-refractivity contribution in [3.05, 3.63) is 125 Å². The van der Waals surface area contributed by atoms with Crippen LogP contribution in [0.3, 0.4) is 0 Å². The van der Waals surface area contributed by atoms with Gasteiger partial charge in [0.25, 0.3) is 17.6 Å². The second-order valence-electron chi connectivity index (χ2n) is 9.38. The molecule has 1 atom stereocenters. The molecule has 1 aliphatic rings. The van der Waals surface area contributed by atoms with Gasteiger partial charge in [-0.1, -0.05) is 72.3 Å². The van der Waals surface area contributed by atoms with E-state index < -0.39 is 36.1 Å². The van der Waals surface area contributed by atoms with E-state index in [1.807, 2.05) is 6.07 Å². The van der Waals surface area contributed by atoms with Gasteiger partial charge >= 0.3 is 0 Å². The predicted molar refractivity (Wildman–Crippen MR) is 156 cm³/mol. The molecule has 41 heavy (non-hydrogen) atoms. The molecule has 5 rings (SSSR count). The lowest BCUT2D eigenvalue weighted by Gasteiger charge is -2.33. The number of hydrogen-bond donors (Lipinski definition) is 1. The molecule has 1 heterocycles. The molecule has 4 aromatic carbocycles. The molecule has 3 amide bonds. The molecule has 0 unspecified atom stereocenters. The summed E-state index contributed by atoms with van der Waals surface area (Å²) in [5.41, 5.74) is 2.27.